The molecular formula is C17H27NO2. The number of ketones is 1. The van der Waals surface area contributed by atoms with Crippen LogP contribution in [0.3, 0.4) is 0 Å². The Morgan fingerprint density at radius 3 is 2.45 bits per heavy atom. The fraction of sp³-hybridized carbons (Fsp3) is 0.647. The van der Waals surface area contributed by atoms with E-state index in [0.29, 0.717) is 30.5 Å². The summed E-state index contributed by atoms with van der Waals surface area (Å²) in [6.07, 6.45) is 6.11. The Morgan fingerprint density at radius 1 is 1.15 bits per heavy atom. The number of Topliss-reactive ketones (excluding diaryl/α,β-unsaturated/α-hetero) is 1. The van der Waals surface area contributed by atoms with Crippen molar-refractivity contribution in [2.45, 2.75) is 59.3 Å². The van der Waals surface area contributed by atoms with E-state index in [2.05, 4.69) is 18.8 Å². The molecule has 3 heteroatoms. The minimum atomic E-state index is 0.0941. The molecule has 0 aliphatic carbocycles. The van der Waals surface area contributed by atoms with E-state index in [9.17, 15) is 4.79 Å². The summed E-state index contributed by atoms with van der Waals surface area (Å²) in [7, 11) is 0. The Labute approximate surface area is 122 Å². The van der Waals surface area contributed by atoms with Crippen molar-refractivity contribution in [3.8, 4) is 5.88 Å². The lowest BCUT2D eigenvalue weighted by molar-refractivity contribution is 0.0975. The fourth-order valence-corrected chi connectivity index (χ4v) is 2.34. The standard InChI is InChI=1S/C17H27NO2/c1-4-8-14(9-5-2)13-20-17-12-7-11-15(18-17)16(19)10-6-3/h7,11-12,14H,4-6,8-10,13H2,1-3H3. The smallest absolute Gasteiger partial charge is 0.213 e. The normalized spacial score (nSPS) is 10.8. The van der Waals surface area contributed by atoms with Crippen LogP contribution in [0.4, 0.5) is 0 Å². The van der Waals surface area contributed by atoms with E-state index in [1.54, 1.807) is 6.07 Å². The molecule has 0 saturated heterocycles. The predicted molar refractivity (Wildman–Crippen MR) is 82.3 cm³/mol. The Morgan fingerprint density at radius 2 is 1.85 bits per heavy atom. The van der Waals surface area contributed by atoms with E-state index in [1.807, 2.05) is 19.1 Å². The maximum Gasteiger partial charge on any atom is 0.213 e. The van der Waals surface area contributed by atoms with Crippen LogP contribution in [0.1, 0.15) is 69.8 Å². The van der Waals surface area contributed by atoms with Gasteiger partial charge in [-0.1, -0.05) is 39.7 Å². The van der Waals surface area contributed by atoms with Crippen LogP contribution in [0.25, 0.3) is 0 Å². The van der Waals surface area contributed by atoms with Crippen molar-refractivity contribution >= 4 is 5.78 Å². The Kier molecular flexibility index (Phi) is 7.93. The van der Waals surface area contributed by atoms with E-state index in [0.717, 1.165) is 6.42 Å². The first-order valence-electron chi connectivity index (χ1n) is 7.84. The quantitative estimate of drug-likeness (QED) is 0.584. The second-order valence-corrected chi connectivity index (χ2v) is 5.29. The second-order valence-electron chi connectivity index (χ2n) is 5.29. The van der Waals surface area contributed by atoms with Gasteiger partial charge in [0.25, 0.3) is 0 Å². The summed E-state index contributed by atoms with van der Waals surface area (Å²) in [5.74, 6) is 1.25. The third kappa shape index (κ3) is 5.72. The van der Waals surface area contributed by atoms with Crippen molar-refractivity contribution < 1.29 is 9.53 Å². The third-order valence-corrected chi connectivity index (χ3v) is 3.35. The third-order valence-electron chi connectivity index (χ3n) is 3.35. The lowest BCUT2D eigenvalue weighted by Gasteiger charge is -2.15. The van der Waals surface area contributed by atoms with E-state index in [-0.39, 0.29) is 5.78 Å². The van der Waals surface area contributed by atoms with Crippen molar-refractivity contribution in [1.82, 2.24) is 4.98 Å². The van der Waals surface area contributed by atoms with E-state index in [1.165, 1.54) is 25.7 Å². The second kappa shape index (κ2) is 9.51. The molecular weight excluding hydrogens is 250 g/mol. The van der Waals surface area contributed by atoms with Crippen LogP contribution in [0, 0.1) is 5.92 Å². The molecule has 0 unspecified atom stereocenters. The van der Waals surface area contributed by atoms with Crippen LogP contribution < -0.4 is 4.74 Å². The van der Waals surface area contributed by atoms with E-state index >= 15 is 0 Å². The van der Waals surface area contributed by atoms with Crippen LogP contribution in [0.5, 0.6) is 5.88 Å². The molecule has 0 aromatic carbocycles. The molecule has 0 radical (unpaired) electrons. The summed E-state index contributed by atoms with van der Waals surface area (Å²) >= 11 is 0. The number of carbonyl (C=O) groups excluding carboxylic acids is 1. The number of ether oxygens (including phenoxy) is 1. The summed E-state index contributed by atoms with van der Waals surface area (Å²) in [6, 6.07) is 5.44. The maximum absolute atomic E-state index is 11.8. The van der Waals surface area contributed by atoms with Crippen molar-refractivity contribution in [3.63, 3.8) is 0 Å². The molecule has 0 amide bonds. The largest absolute Gasteiger partial charge is 0.477 e. The molecule has 0 N–H and O–H groups in total. The van der Waals surface area contributed by atoms with Crippen molar-refractivity contribution in [1.29, 1.82) is 0 Å². The lowest BCUT2D eigenvalue weighted by Crippen LogP contribution is -2.13. The van der Waals surface area contributed by atoms with E-state index < -0.39 is 0 Å². The van der Waals surface area contributed by atoms with Crippen LogP contribution >= 0.6 is 0 Å². The van der Waals surface area contributed by atoms with Crippen molar-refractivity contribution in [2.75, 3.05) is 6.61 Å². The first-order valence-corrected chi connectivity index (χ1v) is 7.84. The van der Waals surface area contributed by atoms with E-state index in [4.69, 9.17) is 4.74 Å². The summed E-state index contributed by atoms with van der Waals surface area (Å²) in [6.45, 7) is 7.09. The topological polar surface area (TPSA) is 39.2 Å². The Balaban J connectivity index is 2.58. The van der Waals surface area contributed by atoms with Crippen molar-refractivity contribution in [2.24, 2.45) is 5.92 Å². The van der Waals surface area contributed by atoms with Crippen LogP contribution in [-0.4, -0.2) is 17.4 Å². The average Bonchev–Trinajstić information content (AvgIpc) is 2.46. The monoisotopic (exact) mass is 277 g/mol. The molecule has 0 bridgehead atoms. The highest BCUT2D eigenvalue weighted by molar-refractivity contribution is 5.94. The lowest BCUT2D eigenvalue weighted by atomic mass is 9.99. The van der Waals surface area contributed by atoms with Gasteiger partial charge >= 0.3 is 0 Å². The van der Waals surface area contributed by atoms with Crippen LogP contribution in [-0.2, 0) is 0 Å². The summed E-state index contributed by atoms with van der Waals surface area (Å²) in [5.41, 5.74) is 0.520. The molecule has 1 aromatic rings. The zero-order valence-corrected chi connectivity index (χ0v) is 13.0. The molecule has 20 heavy (non-hydrogen) atoms. The highest BCUT2D eigenvalue weighted by Crippen LogP contribution is 2.16. The highest BCUT2D eigenvalue weighted by atomic mass is 16.5. The maximum atomic E-state index is 11.8. The average molecular weight is 277 g/mol. The van der Waals surface area contributed by atoms with Crippen LogP contribution in [0.15, 0.2) is 18.2 Å². The first-order chi connectivity index (χ1) is 9.71. The zero-order chi connectivity index (χ0) is 14.8. The van der Waals surface area contributed by atoms with Gasteiger partial charge in [-0.25, -0.2) is 4.98 Å². The summed E-state index contributed by atoms with van der Waals surface area (Å²) in [4.78, 5) is 16.1. The molecule has 0 aliphatic rings. The van der Waals surface area contributed by atoms with Crippen LogP contribution in [0.2, 0.25) is 0 Å². The van der Waals surface area contributed by atoms with Gasteiger partial charge in [-0.3, -0.25) is 4.79 Å². The minimum absolute atomic E-state index is 0.0941. The van der Waals surface area contributed by atoms with Gasteiger partial charge in [0.1, 0.15) is 5.69 Å². The molecule has 0 fully saturated rings. The van der Waals surface area contributed by atoms with Gasteiger partial charge in [0.15, 0.2) is 5.78 Å². The number of rotatable bonds is 10. The van der Waals surface area contributed by atoms with Gasteiger partial charge in [-0.2, -0.15) is 0 Å². The minimum Gasteiger partial charge on any atom is -0.477 e. The molecule has 0 saturated carbocycles. The highest BCUT2D eigenvalue weighted by Gasteiger charge is 2.10. The Bertz CT molecular complexity index is 398. The number of hydrogen-bond acceptors (Lipinski definition) is 3. The van der Waals surface area contributed by atoms with Gasteiger partial charge in [0.2, 0.25) is 5.88 Å². The molecule has 1 aromatic heterocycles. The van der Waals surface area contributed by atoms with Gasteiger partial charge < -0.3 is 4.74 Å². The SMILES string of the molecule is CCCC(=O)c1cccc(OCC(CCC)CCC)n1. The fourth-order valence-electron chi connectivity index (χ4n) is 2.34. The van der Waals surface area contributed by atoms with Gasteiger partial charge in [-0.15, -0.1) is 0 Å². The molecule has 0 atom stereocenters. The first kappa shape index (κ1) is 16.7. The number of nitrogens with zero attached hydrogens (tertiary/aromatic N) is 1. The predicted octanol–water partition coefficient (Wildman–Crippen LogP) is 4.66. The number of carbonyl (C=O) groups is 1. The number of pyridine rings is 1. The Hall–Kier alpha value is -1.38. The molecule has 1 rings (SSSR count). The molecule has 3 nitrogen and oxygen atoms in total. The molecule has 112 valence electrons. The molecule has 0 spiro atoms. The molecule has 1 heterocycles. The van der Waals surface area contributed by atoms with Gasteiger partial charge in [-0.05, 0) is 31.2 Å². The summed E-state index contributed by atoms with van der Waals surface area (Å²) in [5, 5.41) is 0. The zero-order valence-electron chi connectivity index (χ0n) is 13.0. The van der Waals surface area contributed by atoms with Gasteiger partial charge in [0.05, 0.1) is 6.61 Å². The van der Waals surface area contributed by atoms with Crippen molar-refractivity contribution in [3.05, 3.63) is 23.9 Å². The molecule has 0 aliphatic heterocycles. The number of aromatic nitrogens is 1. The number of hydrogen-bond donors (Lipinski definition) is 0. The van der Waals surface area contributed by atoms with Gasteiger partial charge in [0, 0.05) is 12.5 Å². The summed E-state index contributed by atoms with van der Waals surface area (Å²) < 4.78 is 5.78.